The Morgan fingerprint density at radius 3 is 1.61 bits per heavy atom. The third kappa shape index (κ3) is 5.35. The molecule has 0 aliphatic rings. The lowest BCUT2D eigenvalue weighted by atomic mass is 9.96. The van der Waals surface area contributed by atoms with Crippen molar-refractivity contribution in [1.82, 2.24) is 14.1 Å². The molecule has 13 aromatic rings. The zero-order valence-corrected chi connectivity index (χ0v) is 33.7. The number of fused-ring (bicyclic) bond motifs is 9. The van der Waals surface area contributed by atoms with Gasteiger partial charge in [0.05, 0.1) is 39.1 Å². The van der Waals surface area contributed by atoms with E-state index in [9.17, 15) is 0 Å². The maximum atomic E-state index is 5.40. The second-order valence-electron chi connectivity index (χ2n) is 16.4. The van der Waals surface area contributed by atoms with E-state index in [1.807, 2.05) is 0 Å². The molecule has 3 heteroatoms. The van der Waals surface area contributed by atoms with Gasteiger partial charge >= 0.3 is 0 Å². The number of rotatable bonds is 5. The van der Waals surface area contributed by atoms with Crippen LogP contribution in [0.25, 0.3) is 121 Å². The molecule has 0 atom stereocenters. The van der Waals surface area contributed by atoms with Gasteiger partial charge in [-0.1, -0.05) is 164 Å². The molecule has 3 nitrogen and oxygen atoms in total. The van der Waals surface area contributed by atoms with Crippen LogP contribution in [-0.2, 0) is 0 Å². The molecule has 0 N–H and O–H groups in total. The number of aromatic nitrogens is 3. The minimum atomic E-state index is 0.948. The molecule has 62 heavy (non-hydrogen) atoms. The van der Waals surface area contributed by atoms with Crippen molar-refractivity contribution in [3.63, 3.8) is 0 Å². The molecule has 13 rings (SSSR count). The van der Waals surface area contributed by atoms with Crippen molar-refractivity contribution < 1.29 is 0 Å². The average Bonchev–Trinajstić information content (AvgIpc) is 3.84. The summed E-state index contributed by atoms with van der Waals surface area (Å²) >= 11 is 0. The molecule has 0 spiro atoms. The Hall–Kier alpha value is -8.27. The predicted octanol–water partition coefficient (Wildman–Crippen LogP) is 15.7. The molecule has 0 radical (unpaired) electrons. The molecule has 0 fully saturated rings. The van der Waals surface area contributed by atoms with E-state index >= 15 is 0 Å². The normalized spacial score (nSPS) is 11.9. The summed E-state index contributed by atoms with van der Waals surface area (Å²) in [4.78, 5) is 5.40. The monoisotopic (exact) mass is 787 g/mol. The van der Waals surface area contributed by atoms with Crippen molar-refractivity contribution in [3.05, 3.63) is 224 Å². The van der Waals surface area contributed by atoms with Gasteiger partial charge in [-0.2, -0.15) is 0 Å². The summed E-state index contributed by atoms with van der Waals surface area (Å²) in [6.45, 7) is 0. The topological polar surface area (TPSA) is 22.8 Å². The number of para-hydroxylation sites is 2. The van der Waals surface area contributed by atoms with E-state index in [2.05, 4.69) is 234 Å². The third-order valence-corrected chi connectivity index (χ3v) is 12.8. The Labute approximate surface area is 358 Å². The average molecular weight is 788 g/mol. The fourth-order valence-corrected chi connectivity index (χ4v) is 9.98. The lowest BCUT2D eigenvalue weighted by Crippen LogP contribution is -1.96. The summed E-state index contributed by atoms with van der Waals surface area (Å²) in [5.74, 6) is 0. The van der Waals surface area contributed by atoms with Gasteiger partial charge in [0.2, 0.25) is 0 Å². The third-order valence-electron chi connectivity index (χ3n) is 12.8. The van der Waals surface area contributed by atoms with Gasteiger partial charge in [-0.15, -0.1) is 0 Å². The first-order chi connectivity index (χ1) is 30.7. The van der Waals surface area contributed by atoms with Gasteiger partial charge in [0, 0.05) is 43.7 Å². The molecule has 3 aromatic heterocycles. The van der Waals surface area contributed by atoms with E-state index in [1.54, 1.807) is 0 Å². The number of benzene rings is 10. The highest BCUT2D eigenvalue weighted by molar-refractivity contribution is 6.19. The lowest BCUT2D eigenvalue weighted by Gasteiger charge is -2.14. The molecule has 0 bridgehead atoms. The Bertz CT molecular complexity index is 3930. The van der Waals surface area contributed by atoms with Gasteiger partial charge in [-0.25, -0.2) is 4.98 Å². The van der Waals surface area contributed by atoms with Crippen LogP contribution in [0.3, 0.4) is 0 Å². The Balaban J connectivity index is 1.04. The minimum absolute atomic E-state index is 0.948. The first-order valence-electron chi connectivity index (χ1n) is 21.3. The number of hydrogen-bond donors (Lipinski definition) is 0. The van der Waals surface area contributed by atoms with Crippen molar-refractivity contribution in [1.29, 1.82) is 0 Å². The summed E-state index contributed by atoms with van der Waals surface area (Å²) < 4.78 is 4.91. The van der Waals surface area contributed by atoms with Gasteiger partial charge in [0.25, 0.3) is 0 Å². The second-order valence-corrected chi connectivity index (χ2v) is 16.4. The predicted molar refractivity (Wildman–Crippen MR) is 262 cm³/mol. The second kappa shape index (κ2) is 13.6. The molecule has 0 amide bonds. The number of hydrogen-bond acceptors (Lipinski definition) is 1. The highest BCUT2D eigenvalue weighted by Gasteiger charge is 2.20. The van der Waals surface area contributed by atoms with Crippen molar-refractivity contribution in [2.24, 2.45) is 0 Å². The largest absolute Gasteiger partial charge is 0.309 e. The Morgan fingerprint density at radius 2 is 0.839 bits per heavy atom. The smallest absolute Gasteiger partial charge is 0.0721 e. The summed E-state index contributed by atoms with van der Waals surface area (Å²) in [5.41, 5.74) is 13.4. The number of pyridine rings is 1. The summed E-state index contributed by atoms with van der Waals surface area (Å²) in [6, 6.07) is 81.7. The van der Waals surface area contributed by atoms with E-state index in [4.69, 9.17) is 4.98 Å². The van der Waals surface area contributed by atoms with Crippen molar-refractivity contribution in [2.45, 2.75) is 0 Å². The van der Waals surface area contributed by atoms with Crippen LogP contribution in [0.5, 0.6) is 0 Å². The van der Waals surface area contributed by atoms with E-state index in [0.717, 1.165) is 39.3 Å². The zero-order chi connectivity index (χ0) is 40.7. The van der Waals surface area contributed by atoms with Gasteiger partial charge in [-0.05, 0) is 98.7 Å². The van der Waals surface area contributed by atoms with Gasteiger partial charge in [-0.3, -0.25) is 0 Å². The SMILES string of the molecule is c1cc(-c2cc(-c3ccc4ccccc4c3)nc(-c3cccc4ccccc34)c2)cc(-n2c3ccccc3c3cc4c(cc32)c2ccccc2n4-c2cccc3ccccc23)c1. The van der Waals surface area contributed by atoms with Crippen LogP contribution in [0.2, 0.25) is 0 Å². The molecule has 0 aliphatic carbocycles. The first-order valence-corrected chi connectivity index (χ1v) is 21.3. The highest BCUT2D eigenvalue weighted by Crippen LogP contribution is 2.42. The van der Waals surface area contributed by atoms with Gasteiger partial charge < -0.3 is 9.13 Å². The fraction of sp³-hybridized carbons (Fsp3) is 0. The van der Waals surface area contributed by atoms with Crippen LogP contribution in [0, 0.1) is 0 Å². The molecule has 0 saturated heterocycles. The standard InChI is InChI=1S/C59H37N3/c1-2-17-41-32-43(31-30-38(41)14-1)53-34-44(35-54(60-53)48-26-12-18-39-15-3-5-22-46(39)48)42-20-11-21-45(33-42)61-56-27-9-7-24-49(56)51-37-59-52(36-58(51)61)50-25-8-10-28-57(50)62(59)55-29-13-19-40-16-4-6-23-47(40)55/h1-37H. The molecular formula is C59H37N3. The van der Waals surface area contributed by atoms with E-state index < -0.39 is 0 Å². The zero-order valence-electron chi connectivity index (χ0n) is 33.7. The maximum absolute atomic E-state index is 5.40. The summed E-state index contributed by atoms with van der Waals surface area (Å²) in [6.07, 6.45) is 0. The summed E-state index contributed by atoms with van der Waals surface area (Å²) in [5, 5.41) is 12.2. The maximum Gasteiger partial charge on any atom is 0.0721 e. The van der Waals surface area contributed by atoms with Crippen molar-refractivity contribution in [2.75, 3.05) is 0 Å². The molecule has 10 aromatic carbocycles. The van der Waals surface area contributed by atoms with E-state index in [-0.39, 0.29) is 0 Å². The minimum Gasteiger partial charge on any atom is -0.309 e. The molecule has 3 heterocycles. The molecule has 0 aliphatic heterocycles. The Morgan fingerprint density at radius 1 is 0.274 bits per heavy atom. The van der Waals surface area contributed by atoms with Crippen LogP contribution in [0.4, 0.5) is 0 Å². The fourth-order valence-electron chi connectivity index (χ4n) is 9.98. The van der Waals surface area contributed by atoms with E-state index in [1.165, 1.54) is 81.6 Å². The highest BCUT2D eigenvalue weighted by atomic mass is 15.0. The molecule has 288 valence electrons. The number of nitrogens with zero attached hydrogens (tertiary/aromatic N) is 3. The van der Waals surface area contributed by atoms with Crippen LogP contribution < -0.4 is 0 Å². The summed E-state index contributed by atoms with van der Waals surface area (Å²) in [7, 11) is 0. The van der Waals surface area contributed by atoms with Crippen LogP contribution in [0.1, 0.15) is 0 Å². The lowest BCUT2D eigenvalue weighted by molar-refractivity contribution is 1.18. The Kier molecular flexibility index (Phi) is 7.60. The van der Waals surface area contributed by atoms with Gasteiger partial charge in [0.1, 0.15) is 0 Å². The van der Waals surface area contributed by atoms with Crippen LogP contribution in [0.15, 0.2) is 224 Å². The molecule has 0 saturated carbocycles. The van der Waals surface area contributed by atoms with E-state index in [0.29, 0.717) is 0 Å². The quantitative estimate of drug-likeness (QED) is 0.170. The van der Waals surface area contributed by atoms with Crippen LogP contribution in [-0.4, -0.2) is 14.1 Å². The van der Waals surface area contributed by atoms with Gasteiger partial charge in [0.15, 0.2) is 0 Å². The van der Waals surface area contributed by atoms with Crippen LogP contribution >= 0.6 is 0 Å². The van der Waals surface area contributed by atoms with Crippen molar-refractivity contribution in [3.8, 4) is 45.0 Å². The molecule has 0 unspecified atom stereocenters. The first kappa shape index (κ1) is 34.6. The van der Waals surface area contributed by atoms with Crippen molar-refractivity contribution >= 4 is 75.9 Å². The molecular weight excluding hydrogens is 751 g/mol.